The molecule has 0 unspecified atom stereocenters. The summed E-state index contributed by atoms with van der Waals surface area (Å²) in [6.45, 7) is 3.89. The highest BCUT2D eigenvalue weighted by Crippen LogP contribution is 2.28. The van der Waals surface area contributed by atoms with Crippen LogP contribution in [0.2, 0.25) is 0 Å². The van der Waals surface area contributed by atoms with Gasteiger partial charge in [0.15, 0.2) is 4.34 Å². The fraction of sp³-hybridized carbons (Fsp3) is 0.250. The normalized spacial score (nSPS) is 16.9. The Labute approximate surface area is 152 Å². The van der Waals surface area contributed by atoms with Crippen LogP contribution in [-0.4, -0.2) is 34.3 Å². The molecule has 1 aliphatic rings. The Bertz CT molecular complexity index is 794. The summed E-state index contributed by atoms with van der Waals surface area (Å²) in [5.41, 5.74) is 0.584. The molecule has 1 atom stereocenters. The smallest absolute Gasteiger partial charge is 0.231 e. The summed E-state index contributed by atoms with van der Waals surface area (Å²) in [6, 6.07) is 5.64. The number of nitrogens with zero attached hydrogens (tertiary/aromatic N) is 3. The quantitative estimate of drug-likeness (QED) is 0.475. The summed E-state index contributed by atoms with van der Waals surface area (Å²) in [5, 5.41) is 11.0. The van der Waals surface area contributed by atoms with Crippen molar-refractivity contribution >= 4 is 45.7 Å². The SMILES string of the molecule is C=CCSc1nnc(NC(=O)[C@H]2CC(=O)N(c3ccc(F)cc3)C2)s1. The highest BCUT2D eigenvalue weighted by atomic mass is 32.2. The lowest BCUT2D eigenvalue weighted by Gasteiger charge is -2.16. The first-order valence-electron chi connectivity index (χ1n) is 7.51. The molecule has 1 fully saturated rings. The van der Waals surface area contributed by atoms with Crippen molar-refractivity contribution in [1.29, 1.82) is 0 Å². The van der Waals surface area contributed by atoms with Crippen molar-refractivity contribution in [2.24, 2.45) is 5.92 Å². The van der Waals surface area contributed by atoms with Crippen molar-refractivity contribution < 1.29 is 14.0 Å². The van der Waals surface area contributed by atoms with Crippen LogP contribution >= 0.6 is 23.1 Å². The van der Waals surface area contributed by atoms with Crippen molar-refractivity contribution in [1.82, 2.24) is 10.2 Å². The lowest BCUT2D eigenvalue weighted by Crippen LogP contribution is -2.28. The number of hydrogen-bond donors (Lipinski definition) is 1. The van der Waals surface area contributed by atoms with Crippen molar-refractivity contribution in [2.45, 2.75) is 10.8 Å². The molecule has 2 heterocycles. The lowest BCUT2D eigenvalue weighted by molar-refractivity contribution is -0.122. The van der Waals surface area contributed by atoms with Gasteiger partial charge in [-0.25, -0.2) is 4.39 Å². The van der Waals surface area contributed by atoms with Gasteiger partial charge in [-0.2, -0.15) is 0 Å². The van der Waals surface area contributed by atoms with E-state index in [0.717, 1.165) is 4.34 Å². The van der Waals surface area contributed by atoms with Crippen molar-refractivity contribution in [2.75, 3.05) is 22.5 Å². The Morgan fingerprint density at radius 2 is 2.20 bits per heavy atom. The molecule has 6 nitrogen and oxygen atoms in total. The minimum absolute atomic E-state index is 0.111. The zero-order valence-electron chi connectivity index (χ0n) is 13.1. The monoisotopic (exact) mass is 378 g/mol. The average molecular weight is 378 g/mol. The second-order valence-corrected chi connectivity index (χ2v) is 7.59. The third-order valence-corrected chi connectivity index (χ3v) is 5.56. The molecule has 25 heavy (non-hydrogen) atoms. The van der Waals surface area contributed by atoms with Crippen molar-refractivity contribution in [3.8, 4) is 0 Å². The zero-order valence-corrected chi connectivity index (χ0v) is 14.8. The van der Waals surface area contributed by atoms with E-state index in [0.29, 0.717) is 16.6 Å². The molecular weight excluding hydrogens is 363 g/mol. The Morgan fingerprint density at radius 3 is 2.92 bits per heavy atom. The van der Waals surface area contributed by atoms with E-state index in [1.54, 1.807) is 6.08 Å². The number of benzene rings is 1. The molecule has 0 spiro atoms. The summed E-state index contributed by atoms with van der Waals surface area (Å²) >= 11 is 2.76. The second-order valence-electron chi connectivity index (χ2n) is 5.34. The number of rotatable bonds is 6. The van der Waals surface area contributed by atoms with Crippen LogP contribution in [0.15, 0.2) is 41.3 Å². The van der Waals surface area contributed by atoms with Crippen LogP contribution in [0.1, 0.15) is 6.42 Å². The van der Waals surface area contributed by atoms with Crippen LogP contribution in [0.25, 0.3) is 0 Å². The average Bonchev–Trinajstić information content (AvgIpc) is 3.20. The van der Waals surface area contributed by atoms with E-state index in [1.807, 2.05) is 0 Å². The van der Waals surface area contributed by atoms with Gasteiger partial charge >= 0.3 is 0 Å². The van der Waals surface area contributed by atoms with E-state index in [2.05, 4.69) is 22.1 Å². The number of amides is 2. The van der Waals surface area contributed by atoms with Gasteiger partial charge in [0.25, 0.3) is 0 Å². The van der Waals surface area contributed by atoms with Crippen LogP contribution in [-0.2, 0) is 9.59 Å². The second kappa shape index (κ2) is 7.75. The third-order valence-electron chi connectivity index (χ3n) is 3.60. The van der Waals surface area contributed by atoms with Gasteiger partial charge < -0.3 is 10.2 Å². The number of carbonyl (C=O) groups excluding carboxylic acids is 2. The van der Waals surface area contributed by atoms with Crippen LogP contribution in [0.5, 0.6) is 0 Å². The summed E-state index contributed by atoms with van der Waals surface area (Å²) in [5.74, 6) is -0.566. The number of thioether (sulfide) groups is 1. The molecule has 3 rings (SSSR count). The molecule has 1 saturated heterocycles. The number of nitrogens with one attached hydrogen (secondary N) is 1. The van der Waals surface area contributed by atoms with Gasteiger partial charge in [-0.3, -0.25) is 9.59 Å². The van der Waals surface area contributed by atoms with Gasteiger partial charge in [0.1, 0.15) is 5.82 Å². The minimum atomic E-state index is -0.481. The number of carbonyl (C=O) groups is 2. The molecule has 130 valence electrons. The van der Waals surface area contributed by atoms with Gasteiger partial charge in [0.2, 0.25) is 16.9 Å². The predicted molar refractivity (Wildman–Crippen MR) is 96.3 cm³/mol. The zero-order chi connectivity index (χ0) is 17.8. The standard InChI is InChI=1S/C16H15FN4O2S2/c1-2-7-24-16-20-19-15(25-16)18-14(23)10-8-13(22)21(9-10)12-5-3-11(17)4-6-12/h2-6,10H,1,7-9H2,(H,18,19,23)/t10-/m0/s1. The number of halogens is 1. The molecule has 1 aromatic carbocycles. The molecule has 0 radical (unpaired) electrons. The van der Waals surface area contributed by atoms with E-state index in [1.165, 1.54) is 52.3 Å². The van der Waals surface area contributed by atoms with Gasteiger partial charge in [0.05, 0.1) is 5.92 Å². The van der Waals surface area contributed by atoms with E-state index in [9.17, 15) is 14.0 Å². The van der Waals surface area contributed by atoms with E-state index in [-0.39, 0.29) is 30.6 Å². The van der Waals surface area contributed by atoms with Gasteiger partial charge in [-0.05, 0) is 24.3 Å². The summed E-state index contributed by atoms with van der Waals surface area (Å²) in [4.78, 5) is 26.0. The topological polar surface area (TPSA) is 75.2 Å². The fourth-order valence-corrected chi connectivity index (χ4v) is 3.93. The van der Waals surface area contributed by atoms with Gasteiger partial charge in [0, 0.05) is 24.4 Å². The van der Waals surface area contributed by atoms with Crippen molar-refractivity contribution in [3.05, 3.63) is 42.7 Å². The Balaban J connectivity index is 1.61. The first-order chi connectivity index (χ1) is 12.1. The first kappa shape index (κ1) is 17.6. The van der Waals surface area contributed by atoms with Crippen molar-refractivity contribution in [3.63, 3.8) is 0 Å². The van der Waals surface area contributed by atoms with E-state index >= 15 is 0 Å². The highest BCUT2D eigenvalue weighted by molar-refractivity contribution is 8.01. The van der Waals surface area contributed by atoms with E-state index in [4.69, 9.17) is 0 Å². The molecule has 9 heteroatoms. The molecule has 1 aromatic heterocycles. The maximum atomic E-state index is 13.0. The summed E-state index contributed by atoms with van der Waals surface area (Å²) in [7, 11) is 0. The molecule has 0 aliphatic carbocycles. The largest absolute Gasteiger partial charge is 0.312 e. The Morgan fingerprint density at radius 1 is 1.44 bits per heavy atom. The highest BCUT2D eigenvalue weighted by Gasteiger charge is 2.35. The molecule has 2 aromatic rings. The molecule has 0 bridgehead atoms. The molecule has 2 amide bonds. The maximum Gasteiger partial charge on any atom is 0.231 e. The predicted octanol–water partition coefficient (Wildman–Crippen LogP) is 2.95. The third kappa shape index (κ3) is 4.23. The Hall–Kier alpha value is -2.26. The van der Waals surface area contributed by atoms with Gasteiger partial charge in [-0.15, -0.1) is 16.8 Å². The van der Waals surface area contributed by atoms with E-state index < -0.39 is 5.92 Å². The number of anilines is 2. The lowest BCUT2D eigenvalue weighted by atomic mass is 10.1. The Kier molecular flexibility index (Phi) is 5.44. The minimum Gasteiger partial charge on any atom is -0.312 e. The molecule has 0 saturated carbocycles. The molecular formula is C16H15FN4O2S2. The number of aromatic nitrogens is 2. The van der Waals surface area contributed by atoms with Gasteiger partial charge in [-0.1, -0.05) is 29.2 Å². The van der Waals surface area contributed by atoms with Crippen LogP contribution in [0.4, 0.5) is 15.2 Å². The summed E-state index contributed by atoms with van der Waals surface area (Å²) in [6.07, 6.45) is 1.87. The number of hydrogen-bond acceptors (Lipinski definition) is 6. The van der Waals surface area contributed by atoms with Crippen LogP contribution in [0, 0.1) is 11.7 Å². The first-order valence-corrected chi connectivity index (χ1v) is 9.31. The maximum absolute atomic E-state index is 13.0. The van der Waals surface area contributed by atoms with Crippen LogP contribution < -0.4 is 10.2 Å². The fourth-order valence-electron chi connectivity index (χ4n) is 2.41. The molecule has 1 aliphatic heterocycles. The molecule has 1 N–H and O–H groups in total. The summed E-state index contributed by atoms with van der Waals surface area (Å²) < 4.78 is 13.8. The van der Waals surface area contributed by atoms with Crippen LogP contribution in [0.3, 0.4) is 0 Å².